The quantitative estimate of drug-likeness (QED) is 0.258. The molecule has 0 aliphatic rings. The van der Waals surface area contributed by atoms with E-state index in [-0.39, 0.29) is 73.1 Å². The molecule has 18 N–H and O–H groups in total. The molecule has 31 heavy (non-hydrogen) atoms. The molecule has 2 rings (SSSR count). The van der Waals surface area contributed by atoms with Crippen LogP contribution in [0.3, 0.4) is 0 Å². The molecule has 0 saturated carbocycles. The van der Waals surface area contributed by atoms with Gasteiger partial charge in [0.15, 0.2) is 0 Å². The standard InChI is InChI=1S/2C7H8O3S.8H2O.Ru/c2*1-6-2-4-7(5-3-6)11(8,9)10;;;;;;;;;/h2*2-5H,1H3,(H,8,9,10);8*1H2;. The van der Waals surface area contributed by atoms with Crippen molar-refractivity contribution in [3.63, 3.8) is 0 Å². The third-order valence-electron chi connectivity index (χ3n) is 2.64. The third-order valence-corrected chi connectivity index (χ3v) is 4.37. The van der Waals surface area contributed by atoms with Gasteiger partial charge in [-0.25, -0.2) is 0 Å². The van der Waals surface area contributed by atoms with Gasteiger partial charge in [-0.2, -0.15) is 16.8 Å². The molecule has 0 spiro atoms. The first-order chi connectivity index (χ1) is 10.00. The van der Waals surface area contributed by atoms with Gasteiger partial charge in [-0.05, 0) is 38.1 Å². The van der Waals surface area contributed by atoms with Crippen molar-refractivity contribution in [2.45, 2.75) is 23.6 Å². The summed E-state index contributed by atoms with van der Waals surface area (Å²) in [6.45, 7) is 3.68. The minimum atomic E-state index is -4.02. The second kappa shape index (κ2) is 23.2. The van der Waals surface area contributed by atoms with Gasteiger partial charge in [0.2, 0.25) is 0 Å². The van der Waals surface area contributed by atoms with Crippen LogP contribution in [0.2, 0.25) is 0 Å². The minimum absolute atomic E-state index is 0. The Hall–Kier alpha value is -1.44. The van der Waals surface area contributed by atoms with Gasteiger partial charge in [-0.1, -0.05) is 35.4 Å². The van der Waals surface area contributed by atoms with Crippen molar-refractivity contribution in [1.82, 2.24) is 0 Å². The van der Waals surface area contributed by atoms with Crippen LogP contribution in [0, 0.1) is 13.8 Å². The van der Waals surface area contributed by atoms with Crippen LogP contribution < -0.4 is 0 Å². The number of aryl methyl sites for hydroxylation is 2. The van der Waals surface area contributed by atoms with Crippen molar-refractivity contribution in [2.75, 3.05) is 0 Å². The van der Waals surface area contributed by atoms with Crippen LogP contribution >= 0.6 is 0 Å². The Kier molecular flexibility index (Phi) is 42.7. The van der Waals surface area contributed by atoms with Gasteiger partial charge >= 0.3 is 0 Å². The molecule has 14 nitrogen and oxygen atoms in total. The molecular formula is C14H32O14RuS2. The molecule has 0 bridgehead atoms. The smallest absolute Gasteiger partial charge is 0.294 e. The van der Waals surface area contributed by atoms with Gasteiger partial charge in [-0.3, -0.25) is 9.11 Å². The zero-order chi connectivity index (χ0) is 17.0. The first-order valence-corrected chi connectivity index (χ1v) is 8.96. The maximum absolute atomic E-state index is 10.5. The number of rotatable bonds is 2. The SMILES string of the molecule is Cc1ccc(S(=O)(=O)O)cc1.Cc1ccc(S(=O)(=O)O)cc1.O.O.O.O.O.O.O.O.[Ru]. The van der Waals surface area contributed by atoms with E-state index >= 15 is 0 Å². The number of hydrogen-bond donors (Lipinski definition) is 2. The summed E-state index contributed by atoms with van der Waals surface area (Å²) in [7, 11) is -8.04. The van der Waals surface area contributed by atoms with E-state index in [9.17, 15) is 16.8 Å². The molecule has 192 valence electrons. The number of hydrogen-bond acceptors (Lipinski definition) is 4. The van der Waals surface area contributed by atoms with Crippen LogP contribution in [0.5, 0.6) is 0 Å². The fraction of sp³-hybridized carbons (Fsp3) is 0.143. The van der Waals surface area contributed by atoms with E-state index in [4.69, 9.17) is 9.11 Å². The van der Waals surface area contributed by atoms with Gasteiger partial charge in [0.05, 0.1) is 9.79 Å². The van der Waals surface area contributed by atoms with E-state index in [0.717, 1.165) is 11.1 Å². The van der Waals surface area contributed by atoms with Crippen molar-refractivity contribution >= 4 is 20.2 Å². The molecule has 0 aliphatic heterocycles. The fourth-order valence-corrected chi connectivity index (χ4v) is 2.38. The van der Waals surface area contributed by atoms with Crippen molar-refractivity contribution in [1.29, 1.82) is 0 Å². The zero-order valence-electron chi connectivity index (χ0n) is 16.3. The number of benzene rings is 2. The molecule has 0 heterocycles. The Balaban J connectivity index is -0.0000000346. The fourth-order valence-electron chi connectivity index (χ4n) is 1.42. The van der Waals surface area contributed by atoms with Gasteiger partial charge in [0.25, 0.3) is 20.2 Å². The molecular weight excluding hydrogens is 557 g/mol. The summed E-state index contributed by atoms with van der Waals surface area (Å²) < 4.78 is 59.1. The molecule has 0 aromatic heterocycles. The maximum Gasteiger partial charge on any atom is 0.294 e. The van der Waals surface area contributed by atoms with Crippen molar-refractivity contribution in [3.8, 4) is 0 Å². The van der Waals surface area contributed by atoms with E-state index in [0.29, 0.717) is 0 Å². The van der Waals surface area contributed by atoms with E-state index in [1.165, 1.54) is 24.3 Å². The summed E-state index contributed by atoms with van der Waals surface area (Å²) in [4.78, 5) is -0.133. The van der Waals surface area contributed by atoms with Crippen molar-refractivity contribution in [2.24, 2.45) is 0 Å². The Labute approximate surface area is 192 Å². The molecule has 17 heteroatoms. The first-order valence-electron chi connectivity index (χ1n) is 6.08. The average Bonchev–Trinajstić information content (AvgIpc) is 2.38. The molecule has 0 atom stereocenters. The molecule has 0 fully saturated rings. The van der Waals surface area contributed by atoms with Crippen LogP contribution in [0.1, 0.15) is 11.1 Å². The van der Waals surface area contributed by atoms with Gasteiger partial charge < -0.3 is 43.8 Å². The molecule has 0 amide bonds. The normalized spacial score (nSPS) is 8.13. The molecule has 2 aromatic carbocycles. The summed E-state index contributed by atoms with van der Waals surface area (Å²) in [5.74, 6) is 0. The molecule has 0 aliphatic carbocycles. The third kappa shape index (κ3) is 21.6. The average molecular weight is 590 g/mol. The second-order valence-corrected chi connectivity index (χ2v) is 7.42. The Morgan fingerprint density at radius 1 is 0.484 bits per heavy atom. The molecule has 0 radical (unpaired) electrons. The monoisotopic (exact) mass is 590 g/mol. The zero-order valence-corrected chi connectivity index (χ0v) is 19.7. The van der Waals surface area contributed by atoms with E-state index in [1.54, 1.807) is 24.3 Å². The topological polar surface area (TPSA) is 361 Å². The largest absolute Gasteiger partial charge is 0.412 e. The van der Waals surface area contributed by atoms with Gasteiger partial charge in [0, 0.05) is 19.5 Å². The summed E-state index contributed by atoms with van der Waals surface area (Å²) in [5.41, 5.74) is 1.91. The summed E-state index contributed by atoms with van der Waals surface area (Å²) in [6, 6.07) is 12.0. The predicted octanol–water partition coefficient (Wildman–Crippen LogP) is -4.12. The van der Waals surface area contributed by atoms with Crippen molar-refractivity contribution < 1.29 is 89.2 Å². The molecule has 2 aromatic rings. The maximum atomic E-state index is 10.5. The Morgan fingerprint density at radius 2 is 0.645 bits per heavy atom. The Bertz CT molecular complexity index is 764. The molecule has 0 saturated heterocycles. The van der Waals surface area contributed by atoms with Crippen LogP contribution in [-0.2, 0) is 39.7 Å². The van der Waals surface area contributed by atoms with Crippen LogP contribution in [0.4, 0.5) is 0 Å². The molecule has 0 unspecified atom stereocenters. The second-order valence-electron chi connectivity index (χ2n) is 4.58. The predicted molar refractivity (Wildman–Crippen MR) is 111 cm³/mol. The minimum Gasteiger partial charge on any atom is -0.412 e. The van der Waals surface area contributed by atoms with E-state index in [1.807, 2.05) is 13.8 Å². The van der Waals surface area contributed by atoms with E-state index < -0.39 is 20.2 Å². The summed E-state index contributed by atoms with van der Waals surface area (Å²) in [5, 5.41) is 0. The van der Waals surface area contributed by atoms with Crippen LogP contribution in [0.15, 0.2) is 58.3 Å². The van der Waals surface area contributed by atoms with Crippen molar-refractivity contribution in [3.05, 3.63) is 59.7 Å². The first kappa shape index (κ1) is 57.0. The van der Waals surface area contributed by atoms with Crippen LogP contribution in [0.25, 0.3) is 0 Å². The Morgan fingerprint density at radius 3 is 0.774 bits per heavy atom. The summed E-state index contributed by atoms with van der Waals surface area (Å²) >= 11 is 0. The summed E-state index contributed by atoms with van der Waals surface area (Å²) in [6.07, 6.45) is 0. The van der Waals surface area contributed by atoms with E-state index in [2.05, 4.69) is 0 Å². The van der Waals surface area contributed by atoms with Crippen LogP contribution in [-0.4, -0.2) is 69.8 Å². The van der Waals surface area contributed by atoms with Gasteiger partial charge in [-0.15, -0.1) is 0 Å². The van der Waals surface area contributed by atoms with Gasteiger partial charge in [0.1, 0.15) is 0 Å².